The largest absolute Gasteiger partial charge is 0.267 e. The van der Waals surface area contributed by atoms with Gasteiger partial charge in [0.1, 0.15) is 0 Å². The molecule has 0 aromatic carbocycles. The highest BCUT2D eigenvalue weighted by Crippen LogP contribution is 2.69. The average molecular weight is 519 g/mol. The van der Waals surface area contributed by atoms with E-state index < -0.39 is 20.2 Å². The number of hydrogen-bond donors (Lipinski definition) is 0. The van der Waals surface area contributed by atoms with Gasteiger partial charge in [-0.15, -0.1) is 0 Å². The van der Waals surface area contributed by atoms with Crippen molar-refractivity contribution >= 4 is 20.2 Å². The number of rotatable bonds is 7. The molecule has 0 heterocycles. The molecule has 0 amide bonds. The Hall–Kier alpha value is -0.180. The SMILES string of the molecule is CCC[C@H](C)[C@H]1CC[C@H]2[C@@H]3CC[C@H]4C[C@@H](OS(C)(=O)=O)CC[C@]4(C)[C@H]3C[C@H](OS(C)(=O)=O)[C@]12C. The molecule has 4 saturated carbocycles. The van der Waals surface area contributed by atoms with Gasteiger partial charge in [0.05, 0.1) is 24.7 Å². The van der Waals surface area contributed by atoms with Crippen molar-refractivity contribution in [2.75, 3.05) is 12.5 Å². The minimum atomic E-state index is -3.56. The van der Waals surface area contributed by atoms with Gasteiger partial charge in [-0.1, -0.05) is 40.5 Å². The van der Waals surface area contributed by atoms with E-state index in [4.69, 9.17) is 8.37 Å². The topological polar surface area (TPSA) is 86.7 Å². The summed E-state index contributed by atoms with van der Waals surface area (Å²) < 4.78 is 59.7. The van der Waals surface area contributed by atoms with E-state index in [0.29, 0.717) is 35.5 Å². The number of hydrogen-bond acceptors (Lipinski definition) is 6. The normalized spacial score (nSPS) is 45.8. The van der Waals surface area contributed by atoms with Crippen LogP contribution in [-0.4, -0.2) is 41.6 Å². The smallest absolute Gasteiger partial charge is 0.264 e. The van der Waals surface area contributed by atoms with Gasteiger partial charge in [0.15, 0.2) is 0 Å². The lowest BCUT2D eigenvalue weighted by atomic mass is 9.43. The minimum absolute atomic E-state index is 0.0772. The molecule has 0 aromatic heterocycles. The molecule has 4 aliphatic rings. The van der Waals surface area contributed by atoms with E-state index in [1.165, 1.54) is 25.5 Å². The molecule has 4 aliphatic carbocycles. The van der Waals surface area contributed by atoms with Crippen LogP contribution in [0.1, 0.15) is 91.9 Å². The predicted octanol–water partition coefficient (Wildman–Crippen LogP) is 5.38. The van der Waals surface area contributed by atoms with Gasteiger partial charge in [-0.25, -0.2) is 0 Å². The molecule has 0 aromatic rings. The highest BCUT2D eigenvalue weighted by atomic mass is 32.2. The fourth-order valence-corrected chi connectivity index (χ4v) is 10.8. The Morgan fingerprint density at radius 2 is 1.56 bits per heavy atom. The molecular formula is C26H46O6S2. The second-order valence-electron chi connectivity index (χ2n) is 12.7. The monoisotopic (exact) mass is 518 g/mol. The molecule has 34 heavy (non-hydrogen) atoms. The van der Waals surface area contributed by atoms with Crippen LogP contribution in [0.15, 0.2) is 0 Å². The summed E-state index contributed by atoms with van der Waals surface area (Å²) in [6.07, 6.45) is 12.0. The molecule has 10 atom stereocenters. The summed E-state index contributed by atoms with van der Waals surface area (Å²) in [5.74, 6) is 2.97. The van der Waals surface area contributed by atoms with Crippen LogP contribution in [0.3, 0.4) is 0 Å². The van der Waals surface area contributed by atoms with E-state index in [-0.39, 0.29) is 23.0 Å². The predicted molar refractivity (Wildman–Crippen MR) is 134 cm³/mol. The molecule has 0 spiro atoms. The van der Waals surface area contributed by atoms with Crippen LogP contribution >= 0.6 is 0 Å². The lowest BCUT2D eigenvalue weighted by Crippen LogP contribution is -2.59. The first-order valence-electron chi connectivity index (χ1n) is 13.5. The van der Waals surface area contributed by atoms with Crippen LogP contribution in [0.25, 0.3) is 0 Å². The first-order chi connectivity index (χ1) is 15.7. The Morgan fingerprint density at radius 3 is 2.18 bits per heavy atom. The molecule has 6 nitrogen and oxygen atoms in total. The van der Waals surface area contributed by atoms with Crippen LogP contribution in [0, 0.1) is 46.3 Å². The molecule has 0 radical (unpaired) electrons. The second-order valence-corrected chi connectivity index (χ2v) is 15.9. The quantitative estimate of drug-likeness (QED) is 0.421. The highest BCUT2D eigenvalue weighted by Gasteiger charge is 2.65. The van der Waals surface area contributed by atoms with Gasteiger partial charge in [0, 0.05) is 5.41 Å². The van der Waals surface area contributed by atoms with E-state index in [1.54, 1.807) is 0 Å². The molecular weight excluding hydrogens is 472 g/mol. The summed E-state index contributed by atoms with van der Waals surface area (Å²) in [6, 6.07) is 0. The summed E-state index contributed by atoms with van der Waals surface area (Å²) in [7, 11) is -7.02. The second kappa shape index (κ2) is 9.29. The average Bonchev–Trinajstić information content (AvgIpc) is 3.05. The zero-order valence-corrected chi connectivity index (χ0v) is 23.6. The zero-order valence-electron chi connectivity index (χ0n) is 22.0. The van der Waals surface area contributed by atoms with Gasteiger partial charge in [-0.2, -0.15) is 16.8 Å². The molecule has 0 bridgehead atoms. The molecule has 0 aliphatic heterocycles. The van der Waals surface area contributed by atoms with Gasteiger partial charge in [-0.05, 0) is 92.3 Å². The van der Waals surface area contributed by atoms with Crippen molar-refractivity contribution in [3.8, 4) is 0 Å². The van der Waals surface area contributed by atoms with Crippen LogP contribution in [0.5, 0.6) is 0 Å². The fraction of sp³-hybridized carbons (Fsp3) is 1.00. The van der Waals surface area contributed by atoms with Crippen LogP contribution in [0.4, 0.5) is 0 Å². The summed E-state index contributed by atoms with van der Waals surface area (Å²) in [5, 5.41) is 0. The van der Waals surface area contributed by atoms with Crippen molar-refractivity contribution in [1.29, 1.82) is 0 Å². The third-order valence-corrected chi connectivity index (χ3v) is 12.0. The first-order valence-corrected chi connectivity index (χ1v) is 17.1. The van der Waals surface area contributed by atoms with Gasteiger partial charge >= 0.3 is 0 Å². The zero-order chi connectivity index (χ0) is 25.1. The van der Waals surface area contributed by atoms with E-state index in [2.05, 4.69) is 27.7 Å². The molecule has 8 heteroatoms. The maximum absolute atomic E-state index is 12.4. The molecule has 0 unspecified atom stereocenters. The van der Waals surface area contributed by atoms with Gasteiger partial charge in [-0.3, -0.25) is 8.37 Å². The molecule has 0 N–H and O–H groups in total. The van der Waals surface area contributed by atoms with E-state index in [9.17, 15) is 16.8 Å². The molecule has 0 saturated heterocycles. The van der Waals surface area contributed by atoms with Crippen molar-refractivity contribution in [3.05, 3.63) is 0 Å². The van der Waals surface area contributed by atoms with Gasteiger partial charge in [0.25, 0.3) is 20.2 Å². The lowest BCUT2D eigenvalue weighted by molar-refractivity contribution is -0.165. The third kappa shape index (κ3) is 4.87. The van der Waals surface area contributed by atoms with Gasteiger partial charge < -0.3 is 0 Å². The lowest BCUT2D eigenvalue weighted by Gasteiger charge is -2.63. The fourth-order valence-electron chi connectivity index (χ4n) is 9.46. The molecule has 4 rings (SSSR count). The minimum Gasteiger partial charge on any atom is -0.267 e. The maximum atomic E-state index is 12.4. The highest BCUT2D eigenvalue weighted by molar-refractivity contribution is 7.86. The van der Waals surface area contributed by atoms with Crippen LogP contribution in [-0.2, 0) is 28.6 Å². The summed E-state index contributed by atoms with van der Waals surface area (Å²) >= 11 is 0. The maximum Gasteiger partial charge on any atom is 0.264 e. The standard InChI is InChI=1S/C26H46O6S2/c1-7-8-17(2)21-11-12-22-20-10-9-18-15-19(31-33(5,27)28)13-14-25(18,3)23(20)16-24(26(21,22)4)32-34(6,29)30/h17-24H,7-16H2,1-6H3/t17-,18-,19-,20-,21+,22-,23-,24-,25-,26+/m0/s1. The van der Waals surface area contributed by atoms with Crippen LogP contribution in [0.2, 0.25) is 0 Å². The van der Waals surface area contributed by atoms with Crippen molar-refractivity contribution in [1.82, 2.24) is 0 Å². The summed E-state index contributed by atoms with van der Waals surface area (Å²) in [5.41, 5.74) is -0.0352. The van der Waals surface area contributed by atoms with Crippen molar-refractivity contribution < 1.29 is 25.2 Å². The van der Waals surface area contributed by atoms with Crippen LogP contribution < -0.4 is 0 Å². The Morgan fingerprint density at radius 1 is 0.882 bits per heavy atom. The van der Waals surface area contributed by atoms with Gasteiger partial charge in [0.2, 0.25) is 0 Å². The van der Waals surface area contributed by atoms with Crippen molar-refractivity contribution in [3.63, 3.8) is 0 Å². The van der Waals surface area contributed by atoms with E-state index in [1.807, 2.05) is 0 Å². The third-order valence-electron chi connectivity index (χ3n) is 10.8. The summed E-state index contributed by atoms with van der Waals surface area (Å²) in [6.45, 7) is 9.32. The van der Waals surface area contributed by atoms with Crippen molar-refractivity contribution in [2.45, 2.75) is 104 Å². The molecule has 198 valence electrons. The van der Waals surface area contributed by atoms with E-state index in [0.717, 1.165) is 51.2 Å². The Kier molecular flexibility index (Phi) is 7.34. The van der Waals surface area contributed by atoms with Crippen molar-refractivity contribution in [2.24, 2.45) is 46.3 Å². The molecule has 4 fully saturated rings. The Labute approximate surface area is 208 Å². The van der Waals surface area contributed by atoms with E-state index >= 15 is 0 Å². The first kappa shape index (κ1) is 26.9. The Balaban J connectivity index is 1.64. The summed E-state index contributed by atoms with van der Waals surface area (Å²) in [4.78, 5) is 0. The Bertz CT molecular complexity index is 962. The number of fused-ring (bicyclic) bond motifs is 5.